The third-order valence-corrected chi connectivity index (χ3v) is 4.58. The molecule has 0 radical (unpaired) electrons. The smallest absolute Gasteiger partial charge is 0.224 e. The summed E-state index contributed by atoms with van der Waals surface area (Å²) < 4.78 is 10.8. The van der Waals surface area contributed by atoms with Crippen LogP contribution in [0.15, 0.2) is 22.7 Å². The second-order valence-electron chi connectivity index (χ2n) is 6.90. The molecule has 1 aromatic heterocycles. The molecule has 0 bridgehead atoms. The quantitative estimate of drug-likeness (QED) is 0.870. The fourth-order valence-corrected chi connectivity index (χ4v) is 3.48. The van der Waals surface area contributed by atoms with Gasteiger partial charge in [0.2, 0.25) is 11.8 Å². The molecule has 1 aliphatic carbocycles. The predicted octanol–water partition coefficient (Wildman–Crippen LogP) is 3.35. The minimum Gasteiger partial charge on any atom is -0.493 e. The van der Waals surface area contributed by atoms with E-state index in [0.717, 1.165) is 42.6 Å². The van der Waals surface area contributed by atoms with E-state index in [0.29, 0.717) is 24.7 Å². The van der Waals surface area contributed by atoms with Crippen molar-refractivity contribution in [3.05, 3.63) is 41.0 Å². The van der Waals surface area contributed by atoms with Crippen LogP contribution in [0.4, 0.5) is 0 Å². The third kappa shape index (κ3) is 4.18. The molecule has 0 saturated heterocycles. The first-order chi connectivity index (χ1) is 12.0. The maximum atomic E-state index is 12.4. The van der Waals surface area contributed by atoms with Crippen molar-refractivity contribution in [2.24, 2.45) is 0 Å². The Bertz CT molecular complexity index is 728. The summed E-state index contributed by atoms with van der Waals surface area (Å²) >= 11 is 0. The van der Waals surface area contributed by atoms with Crippen LogP contribution in [-0.2, 0) is 10.3 Å². The van der Waals surface area contributed by atoms with Crippen LogP contribution in [0, 0.1) is 20.8 Å². The molecule has 134 valence electrons. The Morgan fingerprint density at radius 1 is 1.20 bits per heavy atom. The van der Waals surface area contributed by atoms with Crippen molar-refractivity contribution in [2.45, 2.75) is 58.4 Å². The summed E-state index contributed by atoms with van der Waals surface area (Å²) in [5.41, 5.74) is 1.81. The van der Waals surface area contributed by atoms with Gasteiger partial charge in [-0.1, -0.05) is 24.1 Å². The van der Waals surface area contributed by atoms with E-state index in [-0.39, 0.29) is 5.91 Å². The van der Waals surface area contributed by atoms with Crippen LogP contribution in [0.1, 0.15) is 54.9 Å². The lowest BCUT2D eigenvalue weighted by atomic mass is 9.96. The average molecular weight is 343 g/mol. The molecule has 25 heavy (non-hydrogen) atoms. The molecule has 3 rings (SSSR count). The lowest BCUT2D eigenvalue weighted by Crippen LogP contribution is -2.45. The van der Waals surface area contributed by atoms with Gasteiger partial charge in [0.15, 0.2) is 5.82 Å². The van der Waals surface area contributed by atoms with Crippen LogP contribution >= 0.6 is 0 Å². The van der Waals surface area contributed by atoms with Crippen LogP contribution in [0.3, 0.4) is 0 Å². The molecule has 6 nitrogen and oxygen atoms in total. The predicted molar refractivity (Wildman–Crippen MR) is 93.4 cm³/mol. The number of rotatable bonds is 6. The van der Waals surface area contributed by atoms with Gasteiger partial charge in [-0.15, -0.1) is 0 Å². The summed E-state index contributed by atoms with van der Waals surface area (Å²) in [5.74, 6) is 1.86. The first-order valence-electron chi connectivity index (χ1n) is 8.80. The standard InChI is InChI=1S/C19H25N3O3/c1-13-10-14(2)12-16(11-13)24-9-6-17(23)21-19(7-4-5-8-19)18-20-15(3)25-22-18/h10-12H,4-9H2,1-3H3,(H,21,23). The molecule has 0 spiro atoms. The maximum absolute atomic E-state index is 12.4. The number of benzene rings is 1. The van der Waals surface area contributed by atoms with Crippen molar-refractivity contribution >= 4 is 5.91 Å². The Morgan fingerprint density at radius 2 is 1.88 bits per heavy atom. The van der Waals surface area contributed by atoms with Crippen molar-refractivity contribution in [1.82, 2.24) is 15.5 Å². The molecule has 1 saturated carbocycles. The minimum absolute atomic E-state index is 0.0475. The molecular weight excluding hydrogens is 318 g/mol. The van der Waals surface area contributed by atoms with Crippen LogP contribution in [0.2, 0.25) is 0 Å². The van der Waals surface area contributed by atoms with E-state index in [1.807, 2.05) is 26.0 Å². The molecule has 1 heterocycles. The Labute approximate surface area is 148 Å². The zero-order valence-electron chi connectivity index (χ0n) is 15.1. The van der Waals surface area contributed by atoms with Gasteiger partial charge < -0.3 is 14.6 Å². The molecule has 0 unspecified atom stereocenters. The molecule has 0 aliphatic heterocycles. The zero-order chi connectivity index (χ0) is 17.9. The van der Waals surface area contributed by atoms with Gasteiger partial charge in [0.1, 0.15) is 11.3 Å². The van der Waals surface area contributed by atoms with E-state index in [4.69, 9.17) is 9.26 Å². The van der Waals surface area contributed by atoms with E-state index in [1.165, 1.54) is 0 Å². The molecule has 1 aliphatic rings. The SMILES string of the molecule is Cc1cc(C)cc(OCCC(=O)NC2(c3noc(C)n3)CCCC2)c1. The van der Waals surface area contributed by atoms with E-state index < -0.39 is 5.54 Å². The Morgan fingerprint density at radius 3 is 2.48 bits per heavy atom. The Hall–Kier alpha value is -2.37. The number of carbonyl (C=O) groups excluding carboxylic acids is 1. The van der Waals surface area contributed by atoms with Crippen LogP contribution < -0.4 is 10.1 Å². The highest BCUT2D eigenvalue weighted by molar-refractivity contribution is 5.77. The first-order valence-corrected chi connectivity index (χ1v) is 8.80. The lowest BCUT2D eigenvalue weighted by Gasteiger charge is -2.26. The Balaban J connectivity index is 1.57. The molecule has 1 amide bonds. The van der Waals surface area contributed by atoms with E-state index in [1.54, 1.807) is 6.92 Å². The number of nitrogens with one attached hydrogen (secondary N) is 1. The maximum Gasteiger partial charge on any atom is 0.224 e. The van der Waals surface area contributed by atoms with Crippen molar-refractivity contribution in [1.29, 1.82) is 0 Å². The second-order valence-corrected chi connectivity index (χ2v) is 6.90. The molecular formula is C19H25N3O3. The summed E-state index contributed by atoms with van der Waals surface area (Å²) in [4.78, 5) is 16.8. The number of ether oxygens (including phenoxy) is 1. The minimum atomic E-state index is -0.491. The number of hydrogen-bond acceptors (Lipinski definition) is 5. The van der Waals surface area contributed by atoms with Crippen LogP contribution in [0.5, 0.6) is 5.75 Å². The molecule has 0 atom stereocenters. The van der Waals surface area contributed by atoms with E-state index in [9.17, 15) is 4.79 Å². The second kappa shape index (κ2) is 7.25. The highest BCUT2D eigenvalue weighted by Gasteiger charge is 2.41. The molecule has 6 heteroatoms. The number of amides is 1. The highest BCUT2D eigenvalue weighted by Crippen LogP contribution is 2.37. The fourth-order valence-electron chi connectivity index (χ4n) is 3.48. The van der Waals surface area contributed by atoms with Gasteiger partial charge in [-0.25, -0.2) is 0 Å². The number of carbonyl (C=O) groups is 1. The summed E-state index contributed by atoms with van der Waals surface area (Å²) in [5, 5.41) is 7.17. The van der Waals surface area contributed by atoms with Gasteiger partial charge in [0.05, 0.1) is 13.0 Å². The average Bonchev–Trinajstić information content (AvgIpc) is 3.16. The van der Waals surface area contributed by atoms with Crippen molar-refractivity contribution < 1.29 is 14.1 Å². The van der Waals surface area contributed by atoms with Gasteiger partial charge in [-0.2, -0.15) is 4.98 Å². The van der Waals surface area contributed by atoms with Gasteiger partial charge in [-0.3, -0.25) is 4.79 Å². The van der Waals surface area contributed by atoms with E-state index in [2.05, 4.69) is 21.5 Å². The van der Waals surface area contributed by atoms with Crippen molar-refractivity contribution in [3.63, 3.8) is 0 Å². The normalized spacial score (nSPS) is 16.0. The number of hydrogen-bond donors (Lipinski definition) is 1. The number of aryl methyl sites for hydroxylation is 3. The highest BCUT2D eigenvalue weighted by atomic mass is 16.5. The number of aromatic nitrogens is 2. The van der Waals surface area contributed by atoms with Gasteiger partial charge in [0.25, 0.3) is 0 Å². The van der Waals surface area contributed by atoms with Crippen molar-refractivity contribution in [3.8, 4) is 5.75 Å². The van der Waals surface area contributed by atoms with E-state index >= 15 is 0 Å². The Kier molecular flexibility index (Phi) is 5.06. The molecule has 2 aromatic rings. The van der Waals surface area contributed by atoms with Gasteiger partial charge >= 0.3 is 0 Å². The monoisotopic (exact) mass is 343 g/mol. The largest absolute Gasteiger partial charge is 0.493 e. The summed E-state index contributed by atoms with van der Waals surface area (Å²) in [6.45, 7) is 6.17. The zero-order valence-corrected chi connectivity index (χ0v) is 15.1. The van der Waals surface area contributed by atoms with Gasteiger partial charge in [0, 0.05) is 6.92 Å². The van der Waals surface area contributed by atoms with Gasteiger partial charge in [-0.05, 0) is 49.9 Å². The summed E-state index contributed by atoms with van der Waals surface area (Å²) in [6.07, 6.45) is 4.08. The van der Waals surface area contributed by atoms with Crippen LogP contribution in [0.25, 0.3) is 0 Å². The molecule has 1 N–H and O–H groups in total. The summed E-state index contributed by atoms with van der Waals surface area (Å²) in [7, 11) is 0. The first kappa shape index (κ1) is 17.5. The van der Waals surface area contributed by atoms with Crippen LogP contribution in [-0.4, -0.2) is 22.7 Å². The van der Waals surface area contributed by atoms with Crippen molar-refractivity contribution in [2.75, 3.05) is 6.61 Å². The third-order valence-electron chi connectivity index (χ3n) is 4.58. The topological polar surface area (TPSA) is 77.2 Å². The lowest BCUT2D eigenvalue weighted by molar-refractivity contribution is -0.123. The molecule has 1 fully saturated rings. The number of nitrogens with zero attached hydrogens (tertiary/aromatic N) is 2. The molecule has 1 aromatic carbocycles. The summed E-state index contributed by atoms with van der Waals surface area (Å²) in [6, 6.07) is 6.05. The fraction of sp³-hybridized carbons (Fsp3) is 0.526.